The quantitative estimate of drug-likeness (QED) is 0.833. The van der Waals surface area contributed by atoms with Gasteiger partial charge in [-0.05, 0) is 18.2 Å². The molecule has 5 heteroatoms. The molecule has 0 spiro atoms. The number of carbonyl (C=O) groups is 1. The van der Waals surface area contributed by atoms with Gasteiger partial charge in [0, 0.05) is 25.0 Å². The van der Waals surface area contributed by atoms with Crippen molar-refractivity contribution < 1.29 is 9.53 Å². The summed E-state index contributed by atoms with van der Waals surface area (Å²) in [4.78, 5) is 17.1. The van der Waals surface area contributed by atoms with E-state index >= 15 is 0 Å². The minimum Gasteiger partial charge on any atom is -0.391 e. The highest BCUT2D eigenvalue weighted by Gasteiger charge is 2.13. The number of carbonyl (C=O) groups excluding carboxylic acids is 1. The van der Waals surface area contributed by atoms with Crippen molar-refractivity contribution in [2.45, 2.75) is 0 Å². The Morgan fingerprint density at radius 1 is 1.22 bits per heavy atom. The third kappa shape index (κ3) is 2.99. The molecule has 0 radical (unpaired) electrons. The number of hydrogen-bond acceptors (Lipinski definition) is 3. The number of amides is 1. The molecule has 0 atom stereocenters. The maximum absolute atomic E-state index is 11.8. The molecule has 2 aromatic rings. The molecule has 0 aliphatic rings. The molecule has 92 valence electrons. The fraction of sp³-hybridized carbons (Fsp3) is 0.0769. The lowest BCUT2D eigenvalue weighted by Gasteiger charge is -2.16. The highest BCUT2D eigenvalue weighted by molar-refractivity contribution is 6.30. The normalized spacial score (nSPS) is 9.89. The molecule has 4 nitrogen and oxygen atoms in total. The molecule has 1 heterocycles. The van der Waals surface area contributed by atoms with E-state index in [-0.39, 0.29) is 5.88 Å². The van der Waals surface area contributed by atoms with Crippen molar-refractivity contribution in [2.24, 2.45) is 0 Å². The van der Waals surface area contributed by atoms with E-state index in [1.165, 1.54) is 11.1 Å². The molecule has 1 aromatic heterocycles. The molecule has 0 fully saturated rings. The van der Waals surface area contributed by atoms with E-state index in [0.717, 1.165) is 5.69 Å². The van der Waals surface area contributed by atoms with Gasteiger partial charge in [0.25, 0.3) is 0 Å². The number of ether oxygens (including phenoxy) is 1. The zero-order valence-corrected chi connectivity index (χ0v) is 10.5. The SMILES string of the molecule is CN(C(=O)Oc1ccc(Cl)cn1)c1ccccc1. The third-order valence-corrected chi connectivity index (χ3v) is 2.53. The molecule has 18 heavy (non-hydrogen) atoms. The Morgan fingerprint density at radius 3 is 2.56 bits per heavy atom. The van der Waals surface area contributed by atoms with Gasteiger partial charge in [0.2, 0.25) is 5.88 Å². The maximum Gasteiger partial charge on any atom is 0.420 e. The Kier molecular flexibility index (Phi) is 3.79. The van der Waals surface area contributed by atoms with Crippen LogP contribution in [0.4, 0.5) is 10.5 Å². The van der Waals surface area contributed by atoms with Crippen molar-refractivity contribution in [3.8, 4) is 5.88 Å². The second-order valence-corrected chi connectivity index (χ2v) is 4.01. The van der Waals surface area contributed by atoms with Crippen molar-refractivity contribution in [1.82, 2.24) is 4.98 Å². The summed E-state index contributed by atoms with van der Waals surface area (Å²) in [6, 6.07) is 12.4. The van der Waals surface area contributed by atoms with Crippen molar-refractivity contribution in [2.75, 3.05) is 11.9 Å². The summed E-state index contributed by atoms with van der Waals surface area (Å²) in [6.45, 7) is 0. The summed E-state index contributed by atoms with van der Waals surface area (Å²) < 4.78 is 5.10. The van der Waals surface area contributed by atoms with Crippen LogP contribution in [-0.2, 0) is 0 Å². The Morgan fingerprint density at radius 2 is 1.94 bits per heavy atom. The van der Waals surface area contributed by atoms with Crippen molar-refractivity contribution in [1.29, 1.82) is 0 Å². The highest BCUT2D eigenvalue weighted by atomic mass is 35.5. The molecule has 0 N–H and O–H groups in total. The van der Waals surface area contributed by atoms with E-state index in [1.807, 2.05) is 30.3 Å². The van der Waals surface area contributed by atoms with Gasteiger partial charge in [-0.25, -0.2) is 9.78 Å². The highest BCUT2D eigenvalue weighted by Crippen LogP contribution is 2.15. The van der Waals surface area contributed by atoms with E-state index in [1.54, 1.807) is 19.2 Å². The fourth-order valence-corrected chi connectivity index (χ4v) is 1.45. The molecular formula is C13H11ClN2O2. The van der Waals surface area contributed by atoms with Crippen LogP contribution in [0, 0.1) is 0 Å². The van der Waals surface area contributed by atoms with Gasteiger partial charge < -0.3 is 4.74 Å². The van der Waals surface area contributed by atoms with Crippen molar-refractivity contribution in [3.05, 3.63) is 53.7 Å². The van der Waals surface area contributed by atoms with E-state index < -0.39 is 6.09 Å². The molecular weight excluding hydrogens is 252 g/mol. The van der Waals surface area contributed by atoms with Crippen molar-refractivity contribution in [3.63, 3.8) is 0 Å². The molecule has 1 amide bonds. The monoisotopic (exact) mass is 262 g/mol. The largest absolute Gasteiger partial charge is 0.420 e. The first-order valence-electron chi connectivity index (χ1n) is 5.29. The standard InChI is InChI=1S/C13H11ClN2O2/c1-16(11-5-3-2-4-6-11)13(17)18-12-8-7-10(14)9-15-12/h2-9H,1H3. The Hall–Kier alpha value is -2.07. The molecule has 0 aliphatic heterocycles. The zero-order valence-electron chi connectivity index (χ0n) is 9.71. The molecule has 0 aliphatic carbocycles. The van der Waals surface area contributed by atoms with Crippen LogP contribution in [0.1, 0.15) is 0 Å². The summed E-state index contributed by atoms with van der Waals surface area (Å²) in [5, 5.41) is 0.492. The molecule has 0 saturated heterocycles. The number of halogens is 1. The average Bonchev–Trinajstić information content (AvgIpc) is 2.41. The summed E-state index contributed by atoms with van der Waals surface area (Å²) in [7, 11) is 1.63. The lowest BCUT2D eigenvalue weighted by atomic mass is 10.3. The van der Waals surface area contributed by atoms with Crippen molar-refractivity contribution >= 4 is 23.4 Å². The summed E-state index contributed by atoms with van der Waals surface area (Å²) in [6.07, 6.45) is 0.920. The lowest BCUT2D eigenvalue weighted by molar-refractivity contribution is 0.207. The first kappa shape index (κ1) is 12.4. The molecule has 0 unspecified atom stereocenters. The number of hydrogen-bond donors (Lipinski definition) is 0. The van der Waals surface area contributed by atoms with Crippen LogP contribution >= 0.6 is 11.6 Å². The number of para-hydroxylation sites is 1. The Labute approximate surface area is 110 Å². The molecule has 2 rings (SSSR count). The van der Waals surface area contributed by atoms with Gasteiger partial charge in [-0.3, -0.25) is 4.90 Å². The summed E-state index contributed by atoms with van der Waals surface area (Å²) in [5.41, 5.74) is 0.747. The number of benzene rings is 1. The second kappa shape index (κ2) is 5.51. The van der Waals surface area contributed by atoms with E-state index in [2.05, 4.69) is 4.98 Å². The Bertz CT molecular complexity index is 528. The Balaban J connectivity index is 2.06. The van der Waals surface area contributed by atoms with Gasteiger partial charge in [0.15, 0.2) is 0 Å². The predicted molar refractivity (Wildman–Crippen MR) is 70.1 cm³/mol. The van der Waals surface area contributed by atoms with Gasteiger partial charge in [0.1, 0.15) is 0 Å². The minimum absolute atomic E-state index is 0.215. The van der Waals surface area contributed by atoms with Gasteiger partial charge in [-0.1, -0.05) is 29.8 Å². The second-order valence-electron chi connectivity index (χ2n) is 3.58. The number of rotatable bonds is 2. The van der Waals surface area contributed by atoms with Crippen LogP contribution in [0.2, 0.25) is 5.02 Å². The molecule has 1 aromatic carbocycles. The first-order valence-corrected chi connectivity index (χ1v) is 5.67. The van der Waals surface area contributed by atoms with Crippen LogP contribution < -0.4 is 9.64 Å². The number of pyridine rings is 1. The van der Waals surface area contributed by atoms with Crippen LogP contribution in [0.15, 0.2) is 48.7 Å². The van der Waals surface area contributed by atoms with Gasteiger partial charge in [-0.2, -0.15) is 0 Å². The summed E-state index contributed by atoms with van der Waals surface area (Å²) >= 11 is 5.69. The smallest absolute Gasteiger partial charge is 0.391 e. The van der Waals surface area contributed by atoms with E-state index in [0.29, 0.717) is 5.02 Å². The van der Waals surface area contributed by atoms with Gasteiger partial charge in [-0.15, -0.1) is 0 Å². The minimum atomic E-state index is -0.504. The summed E-state index contributed by atoms with van der Waals surface area (Å²) in [5.74, 6) is 0.215. The first-order chi connectivity index (χ1) is 8.66. The van der Waals surface area contributed by atoms with Crippen LogP contribution in [0.25, 0.3) is 0 Å². The lowest BCUT2D eigenvalue weighted by Crippen LogP contribution is -2.29. The van der Waals surface area contributed by atoms with Crippen LogP contribution in [-0.4, -0.2) is 18.1 Å². The fourth-order valence-electron chi connectivity index (χ4n) is 1.34. The molecule has 0 bridgehead atoms. The third-order valence-electron chi connectivity index (χ3n) is 2.31. The van der Waals surface area contributed by atoms with Crippen LogP contribution in [0.5, 0.6) is 5.88 Å². The van der Waals surface area contributed by atoms with E-state index in [4.69, 9.17) is 16.3 Å². The zero-order chi connectivity index (χ0) is 13.0. The van der Waals surface area contributed by atoms with Gasteiger partial charge >= 0.3 is 6.09 Å². The number of anilines is 1. The number of nitrogens with zero attached hydrogens (tertiary/aromatic N) is 2. The predicted octanol–water partition coefficient (Wildman–Crippen LogP) is 3.37. The average molecular weight is 263 g/mol. The van der Waals surface area contributed by atoms with E-state index in [9.17, 15) is 4.79 Å². The van der Waals surface area contributed by atoms with Gasteiger partial charge in [0.05, 0.1) is 5.02 Å². The molecule has 0 saturated carbocycles. The topological polar surface area (TPSA) is 42.4 Å². The number of aromatic nitrogens is 1. The maximum atomic E-state index is 11.8. The van der Waals surface area contributed by atoms with Crippen LogP contribution in [0.3, 0.4) is 0 Å².